The standard InChI is InChI=1S/C9H8ClN3O4S/c1-2-17-9(14)7-12-8(18(10,15)16)6-5-11-3-4-13(6)7/h3-5H,2H2,1H3. The number of hydrogen-bond donors (Lipinski definition) is 0. The number of nitrogens with zero attached hydrogens (tertiary/aromatic N) is 3. The molecule has 2 aromatic heterocycles. The number of ether oxygens (including phenoxy) is 1. The molecule has 0 N–H and O–H groups in total. The molecule has 96 valence electrons. The summed E-state index contributed by atoms with van der Waals surface area (Å²) in [5.41, 5.74) is 0.121. The maximum Gasteiger partial charge on any atom is 0.374 e. The summed E-state index contributed by atoms with van der Waals surface area (Å²) in [7, 11) is 1.18. The van der Waals surface area contributed by atoms with E-state index in [1.165, 1.54) is 23.0 Å². The van der Waals surface area contributed by atoms with E-state index in [-0.39, 0.29) is 17.9 Å². The maximum atomic E-state index is 11.6. The van der Waals surface area contributed by atoms with Crippen LogP contribution in [0.4, 0.5) is 0 Å². The Morgan fingerprint density at radius 1 is 1.56 bits per heavy atom. The van der Waals surface area contributed by atoms with Gasteiger partial charge in [0.05, 0.1) is 12.8 Å². The number of halogens is 1. The Hall–Kier alpha value is -1.67. The van der Waals surface area contributed by atoms with E-state index < -0.39 is 20.0 Å². The first-order valence-electron chi connectivity index (χ1n) is 4.89. The first kappa shape index (κ1) is 12.8. The van der Waals surface area contributed by atoms with Gasteiger partial charge in [-0.25, -0.2) is 18.2 Å². The van der Waals surface area contributed by atoms with Crippen LogP contribution in [0.25, 0.3) is 5.52 Å². The summed E-state index contributed by atoms with van der Waals surface area (Å²) in [4.78, 5) is 19.1. The number of aromatic nitrogens is 3. The summed E-state index contributed by atoms with van der Waals surface area (Å²) in [6.07, 6.45) is 4.05. The number of fused-ring (bicyclic) bond motifs is 1. The van der Waals surface area contributed by atoms with E-state index in [4.69, 9.17) is 15.4 Å². The average molecular weight is 290 g/mol. The van der Waals surface area contributed by atoms with Crippen molar-refractivity contribution >= 4 is 31.2 Å². The summed E-state index contributed by atoms with van der Waals surface area (Å²) >= 11 is 0. The van der Waals surface area contributed by atoms with Crippen molar-refractivity contribution in [2.45, 2.75) is 11.9 Å². The van der Waals surface area contributed by atoms with Crippen LogP contribution in [0.1, 0.15) is 17.5 Å². The molecule has 0 aromatic carbocycles. The van der Waals surface area contributed by atoms with Crippen LogP contribution >= 0.6 is 10.7 Å². The van der Waals surface area contributed by atoms with Gasteiger partial charge in [0.2, 0.25) is 5.82 Å². The molecule has 0 aliphatic heterocycles. The van der Waals surface area contributed by atoms with Crippen molar-refractivity contribution in [3.8, 4) is 0 Å². The zero-order chi connectivity index (χ0) is 13.3. The number of carbonyl (C=O) groups excluding carboxylic acids is 1. The van der Waals surface area contributed by atoms with Crippen LogP contribution in [-0.2, 0) is 13.8 Å². The van der Waals surface area contributed by atoms with Gasteiger partial charge in [0.15, 0.2) is 5.03 Å². The third kappa shape index (κ3) is 2.16. The molecule has 0 fully saturated rings. The Labute approximate surface area is 107 Å². The second-order valence-corrected chi connectivity index (χ2v) is 5.71. The molecule has 0 atom stereocenters. The van der Waals surface area contributed by atoms with Gasteiger partial charge in [-0.05, 0) is 6.92 Å². The molecule has 2 aromatic rings. The van der Waals surface area contributed by atoms with Crippen LogP contribution in [0.5, 0.6) is 0 Å². The first-order chi connectivity index (χ1) is 8.45. The van der Waals surface area contributed by atoms with Crippen molar-refractivity contribution in [2.24, 2.45) is 0 Å². The highest BCUT2D eigenvalue weighted by Crippen LogP contribution is 2.21. The van der Waals surface area contributed by atoms with Gasteiger partial charge in [-0.1, -0.05) is 0 Å². The maximum absolute atomic E-state index is 11.6. The molecule has 2 heterocycles. The molecular formula is C9H8ClN3O4S. The highest BCUT2D eigenvalue weighted by atomic mass is 35.7. The van der Waals surface area contributed by atoms with Gasteiger partial charge in [-0.2, -0.15) is 0 Å². The molecule has 0 saturated heterocycles. The molecule has 2 rings (SSSR count). The van der Waals surface area contributed by atoms with Crippen LogP contribution < -0.4 is 0 Å². The molecular weight excluding hydrogens is 282 g/mol. The topological polar surface area (TPSA) is 90.6 Å². The Kier molecular flexibility index (Phi) is 3.22. The molecule has 0 amide bonds. The van der Waals surface area contributed by atoms with Gasteiger partial charge in [0, 0.05) is 23.1 Å². The van der Waals surface area contributed by atoms with Crippen molar-refractivity contribution in [3.63, 3.8) is 0 Å². The molecule has 0 unspecified atom stereocenters. The fourth-order valence-electron chi connectivity index (χ4n) is 1.43. The van der Waals surface area contributed by atoms with Crippen molar-refractivity contribution in [2.75, 3.05) is 6.61 Å². The van der Waals surface area contributed by atoms with Crippen LogP contribution in [0.15, 0.2) is 23.6 Å². The third-order valence-corrected chi connectivity index (χ3v) is 3.30. The fraction of sp³-hybridized carbons (Fsp3) is 0.222. The number of imidazole rings is 1. The van der Waals surface area contributed by atoms with E-state index in [9.17, 15) is 13.2 Å². The highest BCUT2D eigenvalue weighted by Gasteiger charge is 2.25. The fourth-order valence-corrected chi connectivity index (χ4v) is 2.37. The quantitative estimate of drug-likeness (QED) is 0.614. The molecule has 0 spiro atoms. The highest BCUT2D eigenvalue weighted by molar-refractivity contribution is 8.13. The van der Waals surface area contributed by atoms with E-state index in [0.29, 0.717) is 0 Å². The normalized spacial score (nSPS) is 11.7. The molecule has 7 nitrogen and oxygen atoms in total. The van der Waals surface area contributed by atoms with Gasteiger partial charge < -0.3 is 4.74 Å². The summed E-state index contributed by atoms with van der Waals surface area (Å²) in [5.74, 6) is -0.890. The number of rotatable bonds is 3. The summed E-state index contributed by atoms with van der Waals surface area (Å²) in [6, 6.07) is 0. The van der Waals surface area contributed by atoms with Crippen LogP contribution in [0.2, 0.25) is 0 Å². The Morgan fingerprint density at radius 2 is 2.28 bits per heavy atom. The van der Waals surface area contributed by atoms with Crippen molar-refractivity contribution in [3.05, 3.63) is 24.4 Å². The van der Waals surface area contributed by atoms with Crippen molar-refractivity contribution < 1.29 is 17.9 Å². The van der Waals surface area contributed by atoms with Crippen LogP contribution in [0.3, 0.4) is 0 Å². The number of carbonyl (C=O) groups is 1. The molecule has 18 heavy (non-hydrogen) atoms. The molecule has 0 aliphatic rings. The minimum absolute atomic E-state index is 0.121. The lowest BCUT2D eigenvalue weighted by atomic mass is 10.5. The van der Waals surface area contributed by atoms with E-state index >= 15 is 0 Å². The number of hydrogen-bond acceptors (Lipinski definition) is 6. The van der Waals surface area contributed by atoms with E-state index in [2.05, 4.69) is 9.97 Å². The van der Waals surface area contributed by atoms with Gasteiger partial charge in [-0.3, -0.25) is 9.38 Å². The summed E-state index contributed by atoms with van der Waals surface area (Å²) in [6.45, 7) is 1.79. The number of esters is 1. The Morgan fingerprint density at radius 3 is 2.89 bits per heavy atom. The van der Waals surface area contributed by atoms with Crippen molar-refractivity contribution in [1.82, 2.24) is 14.4 Å². The molecule has 0 saturated carbocycles. The Bertz CT molecular complexity index is 710. The van der Waals surface area contributed by atoms with Crippen molar-refractivity contribution in [1.29, 1.82) is 0 Å². The second kappa shape index (κ2) is 4.54. The molecule has 9 heteroatoms. The van der Waals surface area contributed by atoms with E-state index in [0.717, 1.165) is 0 Å². The minimum Gasteiger partial charge on any atom is -0.460 e. The first-order valence-corrected chi connectivity index (χ1v) is 7.20. The van der Waals surface area contributed by atoms with Crippen LogP contribution in [0, 0.1) is 0 Å². The summed E-state index contributed by atoms with van der Waals surface area (Å²) < 4.78 is 28.7. The van der Waals surface area contributed by atoms with Gasteiger partial charge in [-0.15, -0.1) is 0 Å². The second-order valence-electron chi connectivity index (χ2n) is 3.23. The lowest BCUT2D eigenvalue weighted by Crippen LogP contribution is -2.09. The largest absolute Gasteiger partial charge is 0.460 e. The monoisotopic (exact) mass is 289 g/mol. The van der Waals surface area contributed by atoms with Gasteiger partial charge in [0.25, 0.3) is 9.05 Å². The van der Waals surface area contributed by atoms with E-state index in [1.807, 2.05) is 0 Å². The summed E-state index contributed by atoms with van der Waals surface area (Å²) in [5, 5.41) is -0.416. The minimum atomic E-state index is -4.06. The van der Waals surface area contributed by atoms with Gasteiger partial charge in [0.1, 0.15) is 5.52 Å². The zero-order valence-electron chi connectivity index (χ0n) is 9.20. The van der Waals surface area contributed by atoms with Crippen LogP contribution in [-0.4, -0.2) is 35.4 Å². The molecule has 0 aliphatic carbocycles. The smallest absolute Gasteiger partial charge is 0.374 e. The molecule has 0 radical (unpaired) electrons. The predicted octanol–water partition coefficient (Wildman–Crippen LogP) is 0.834. The van der Waals surface area contributed by atoms with E-state index in [1.54, 1.807) is 6.92 Å². The SMILES string of the molecule is CCOC(=O)c1nc(S(=O)(=O)Cl)c2cnccn12. The average Bonchev–Trinajstić information content (AvgIpc) is 2.68. The molecule has 0 bridgehead atoms. The lowest BCUT2D eigenvalue weighted by molar-refractivity contribution is 0.0511. The third-order valence-electron chi connectivity index (χ3n) is 2.10. The Balaban J connectivity index is 2.73. The predicted molar refractivity (Wildman–Crippen MR) is 62.0 cm³/mol. The lowest BCUT2D eigenvalue weighted by Gasteiger charge is -1.99. The van der Waals surface area contributed by atoms with Gasteiger partial charge >= 0.3 is 5.97 Å². The zero-order valence-corrected chi connectivity index (χ0v) is 10.8.